The van der Waals surface area contributed by atoms with E-state index in [9.17, 15) is 14.0 Å². The van der Waals surface area contributed by atoms with Crippen molar-refractivity contribution in [3.8, 4) is 0 Å². The Morgan fingerprint density at radius 3 is 2.83 bits per heavy atom. The molecule has 0 spiro atoms. The average Bonchev–Trinajstić information content (AvgIpc) is 2.36. The molecule has 0 aliphatic heterocycles. The number of hydrogen-bond donors (Lipinski definition) is 1. The van der Waals surface area contributed by atoms with Crippen LogP contribution in [0.4, 0.5) is 4.39 Å². The van der Waals surface area contributed by atoms with Crippen molar-refractivity contribution in [1.29, 1.82) is 0 Å². The Labute approximate surface area is 105 Å². The van der Waals surface area contributed by atoms with E-state index in [1.165, 1.54) is 18.2 Å². The zero-order valence-corrected chi connectivity index (χ0v) is 10.2. The van der Waals surface area contributed by atoms with Crippen LogP contribution in [0, 0.1) is 5.82 Å². The lowest BCUT2D eigenvalue weighted by Crippen LogP contribution is -2.30. The largest absolute Gasteiger partial charge is 0.464 e. The van der Waals surface area contributed by atoms with Crippen LogP contribution in [0.15, 0.2) is 24.3 Å². The fraction of sp³-hybridized carbons (Fsp3) is 0.385. The Morgan fingerprint density at radius 1 is 1.39 bits per heavy atom. The van der Waals surface area contributed by atoms with Crippen LogP contribution in [-0.2, 0) is 9.53 Å². The summed E-state index contributed by atoms with van der Waals surface area (Å²) in [6.07, 6.45) is 1.73. The molecule has 5 heteroatoms. The van der Waals surface area contributed by atoms with Gasteiger partial charge in [0.15, 0.2) is 0 Å². The summed E-state index contributed by atoms with van der Waals surface area (Å²) in [6.45, 7) is 2.13. The second-order valence-corrected chi connectivity index (χ2v) is 3.77. The third-order valence-corrected chi connectivity index (χ3v) is 2.24. The van der Waals surface area contributed by atoms with Crippen LogP contribution < -0.4 is 5.32 Å². The van der Waals surface area contributed by atoms with Gasteiger partial charge in [-0.15, -0.1) is 0 Å². The SMILES string of the molecule is CCCCOC(=O)CNC(=O)c1cccc(F)c1. The Bertz CT molecular complexity index is 420. The van der Waals surface area contributed by atoms with Crippen molar-refractivity contribution in [3.63, 3.8) is 0 Å². The zero-order chi connectivity index (χ0) is 13.4. The lowest BCUT2D eigenvalue weighted by Gasteiger charge is -2.06. The van der Waals surface area contributed by atoms with Crippen molar-refractivity contribution in [2.24, 2.45) is 0 Å². The molecule has 1 rings (SSSR count). The molecule has 98 valence electrons. The average molecular weight is 253 g/mol. The molecule has 0 heterocycles. The van der Waals surface area contributed by atoms with Gasteiger partial charge in [-0.25, -0.2) is 4.39 Å². The van der Waals surface area contributed by atoms with Crippen LogP contribution in [0.3, 0.4) is 0 Å². The maximum Gasteiger partial charge on any atom is 0.325 e. The van der Waals surface area contributed by atoms with Crippen LogP contribution in [-0.4, -0.2) is 25.0 Å². The molecule has 1 aromatic rings. The van der Waals surface area contributed by atoms with Gasteiger partial charge in [0.25, 0.3) is 5.91 Å². The van der Waals surface area contributed by atoms with E-state index in [4.69, 9.17) is 4.74 Å². The third kappa shape index (κ3) is 4.95. The molecule has 0 aliphatic carbocycles. The molecule has 0 saturated heterocycles. The standard InChI is InChI=1S/C13H16FNO3/c1-2-3-7-18-12(16)9-15-13(17)10-5-4-6-11(14)8-10/h4-6,8H,2-3,7,9H2,1H3,(H,15,17). The number of ether oxygens (including phenoxy) is 1. The Morgan fingerprint density at radius 2 is 2.17 bits per heavy atom. The van der Waals surface area contributed by atoms with E-state index < -0.39 is 17.7 Å². The molecule has 1 aromatic carbocycles. The lowest BCUT2D eigenvalue weighted by atomic mass is 10.2. The maximum atomic E-state index is 12.9. The smallest absolute Gasteiger partial charge is 0.325 e. The van der Waals surface area contributed by atoms with Crippen LogP contribution >= 0.6 is 0 Å². The first-order valence-electron chi connectivity index (χ1n) is 5.83. The monoisotopic (exact) mass is 253 g/mol. The van der Waals surface area contributed by atoms with E-state index in [0.717, 1.165) is 18.9 Å². The third-order valence-electron chi connectivity index (χ3n) is 2.24. The fourth-order valence-electron chi connectivity index (χ4n) is 1.27. The Kier molecular flexibility index (Phi) is 5.84. The van der Waals surface area contributed by atoms with Crippen molar-refractivity contribution in [2.45, 2.75) is 19.8 Å². The molecule has 0 aromatic heterocycles. The van der Waals surface area contributed by atoms with Crippen LogP contribution in [0.25, 0.3) is 0 Å². The number of unbranched alkanes of at least 4 members (excludes halogenated alkanes) is 1. The first kappa shape index (κ1) is 14.2. The number of halogens is 1. The molecule has 1 N–H and O–H groups in total. The second-order valence-electron chi connectivity index (χ2n) is 3.77. The van der Waals surface area contributed by atoms with E-state index in [2.05, 4.69) is 5.32 Å². The molecule has 1 amide bonds. The van der Waals surface area contributed by atoms with Crippen LogP contribution in [0.5, 0.6) is 0 Å². The summed E-state index contributed by atoms with van der Waals surface area (Å²) in [4.78, 5) is 22.8. The number of benzene rings is 1. The summed E-state index contributed by atoms with van der Waals surface area (Å²) in [7, 11) is 0. The summed E-state index contributed by atoms with van der Waals surface area (Å²) in [5.41, 5.74) is 0.177. The van der Waals surface area contributed by atoms with Gasteiger partial charge in [0.2, 0.25) is 0 Å². The molecular formula is C13H16FNO3. The molecule has 18 heavy (non-hydrogen) atoms. The predicted molar refractivity (Wildman–Crippen MR) is 64.6 cm³/mol. The number of carbonyl (C=O) groups is 2. The molecule has 0 saturated carbocycles. The molecule has 0 bridgehead atoms. The molecule has 0 aliphatic rings. The quantitative estimate of drug-likeness (QED) is 0.622. The van der Waals surface area contributed by atoms with Gasteiger partial charge in [0.1, 0.15) is 12.4 Å². The number of nitrogens with one attached hydrogen (secondary N) is 1. The Hall–Kier alpha value is -1.91. The van der Waals surface area contributed by atoms with Gasteiger partial charge in [-0.2, -0.15) is 0 Å². The minimum Gasteiger partial charge on any atom is -0.464 e. The summed E-state index contributed by atoms with van der Waals surface area (Å²) in [5, 5.41) is 2.37. The first-order chi connectivity index (χ1) is 8.63. The maximum absolute atomic E-state index is 12.9. The molecule has 0 unspecified atom stereocenters. The minimum atomic E-state index is -0.498. The van der Waals surface area contributed by atoms with Gasteiger partial charge in [-0.1, -0.05) is 19.4 Å². The number of amides is 1. The highest BCUT2D eigenvalue weighted by Crippen LogP contribution is 2.02. The molecular weight excluding hydrogens is 237 g/mol. The zero-order valence-electron chi connectivity index (χ0n) is 10.2. The van der Waals surface area contributed by atoms with Crippen molar-refractivity contribution < 1.29 is 18.7 Å². The van der Waals surface area contributed by atoms with Crippen molar-refractivity contribution in [2.75, 3.05) is 13.2 Å². The number of hydrogen-bond acceptors (Lipinski definition) is 3. The van der Waals surface area contributed by atoms with Crippen molar-refractivity contribution in [3.05, 3.63) is 35.6 Å². The van der Waals surface area contributed by atoms with Gasteiger partial charge in [0.05, 0.1) is 6.61 Å². The summed E-state index contributed by atoms with van der Waals surface area (Å²) >= 11 is 0. The fourth-order valence-corrected chi connectivity index (χ4v) is 1.27. The van der Waals surface area contributed by atoms with Gasteiger partial charge < -0.3 is 10.1 Å². The molecule has 0 radical (unpaired) electrons. The van der Waals surface area contributed by atoms with Gasteiger partial charge >= 0.3 is 5.97 Å². The number of rotatable bonds is 6. The van der Waals surface area contributed by atoms with Crippen molar-refractivity contribution in [1.82, 2.24) is 5.32 Å². The summed E-state index contributed by atoms with van der Waals surface area (Å²) in [5.74, 6) is -1.48. The molecule has 4 nitrogen and oxygen atoms in total. The topological polar surface area (TPSA) is 55.4 Å². The van der Waals surface area contributed by atoms with Crippen LogP contribution in [0.1, 0.15) is 30.1 Å². The molecule has 0 fully saturated rings. The summed E-state index contributed by atoms with van der Waals surface area (Å²) in [6, 6.07) is 5.26. The normalized spacial score (nSPS) is 9.89. The van der Waals surface area contributed by atoms with Crippen LogP contribution in [0.2, 0.25) is 0 Å². The number of esters is 1. The highest BCUT2D eigenvalue weighted by Gasteiger charge is 2.09. The molecule has 0 atom stereocenters. The van der Waals surface area contributed by atoms with E-state index in [1.807, 2.05) is 6.92 Å². The van der Waals surface area contributed by atoms with Gasteiger partial charge in [0, 0.05) is 5.56 Å². The number of carbonyl (C=O) groups excluding carboxylic acids is 2. The second kappa shape index (κ2) is 7.42. The van der Waals surface area contributed by atoms with Gasteiger partial charge in [-0.3, -0.25) is 9.59 Å². The van der Waals surface area contributed by atoms with E-state index >= 15 is 0 Å². The van der Waals surface area contributed by atoms with E-state index in [1.54, 1.807) is 0 Å². The predicted octanol–water partition coefficient (Wildman–Crippen LogP) is 1.90. The first-order valence-corrected chi connectivity index (χ1v) is 5.83. The van der Waals surface area contributed by atoms with Crippen molar-refractivity contribution >= 4 is 11.9 Å². The highest BCUT2D eigenvalue weighted by atomic mass is 19.1. The lowest BCUT2D eigenvalue weighted by molar-refractivity contribution is -0.142. The van der Waals surface area contributed by atoms with E-state index in [0.29, 0.717) is 6.61 Å². The summed E-state index contributed by atoms with van der Waals surface area (Å²) < 4.78 is 17.7. The minimum absolute atomic E-state index is 0.177. The van der Waals surface area contributed by atoms with Gasteiger partial charge in [-0.05, 0) is 24.6 Å². The Balaban J connectivity index is 2.35. The highest BCUT2D eigenvalue weighted by molar-refractivity contribution is 5.95. The van der Waals surface area contributed by atoms with E-state index in [-0.39, 0.29) is 12.1 Å².